The number of fused-ring (bicyclic) bond motifs is 1. The molecule has 0 saturated carbocycles. The molecule has 0 fully saturated rings. The number of benzene rings is 3. The van der Waals surface area contributed by atoms with E-state index in [1.165, 1.54) is 5.56 Å². The van der Waals surface area contributed by atoms with Crippen molar-refractivity contribution < 1.29 is 14.3 Å². The summed E-state index contributed by atoms with van der Waals surface area (Å²) >= 11 is 0. The van der Waals surface area contributed by atoms with Gasteiger partial charge in [0.15, 0.2) is 0 Å². The van der Waals surface area contributed by atoms with Gasteiger partial charge >= 0.3 is 5.97 Å². The van der Waals surface area contributed by atoms with Gasteiger partial charge in [0, 0.05) is 12.5 Å². The van der Waals surface area contributed by atoms with Crippen LogP contribution in [-0.4, -0.2) is 25.0 Å². The van der Waals surface area contributed by atoms with Gasteiger partial charge in [0.2, 0.25) is 5.91 Å². The van der Waals surface area contributed by atoms with Crippen molar-refractivity contribution in [2.75, 3.05) is 18.1 Å². The van der Waals surface area contributed by atoms with Gasteiger partial charge in [0.05, 0.1) is 12.3 Å². The van der Waals surface area contributed by atoms with Crippen LogP contribution in [0.5, 0.6) is 0 Å². The zero-order chi connectivity index (χ0) is 20.0. The normalized spacial score (nSPS) is 20.4. The number of esters is 1. The van der Waals surface area contributed by atoms with Crippen LogP contribution < -0.4 is 4.90 Å². The largest absolute Gasteiger partial charge is 0.465 e. The highest BCUT2D eigenvalue weighted by molar-refractivity contribution is 6.11. The smallest absolute Gasteiger partial charge is 0.319 e. The van der Waals surface area contributed by atoms with E-state index in [4.69, 9.17) is 4.74 Å². The summed E-state index contributed by atoms with van der Waals surface area (Å²) in [5.41, 5.74) is 4.25. The van der Waals surface area contributed by atoms with E-state index >= 15 is 0 Å². The van der Waals surface area contributed by atoms with Crippen LogP contribution in [0.1, 0.15) is 36.0 Å². The molecule has 0 aliphatic carbocycles. The third-order valence-electron chi connectivity index (χ3n) is 6.15. The first-order valence-corrected chi connectivity index (χ1v) is 10.3. The molecule has 0 spiro atoms. The number of anilines is 1. The van der Waals surface area contributed by atoms with Gasteiger partial charge in [-0.1, -0.05) is 60.7 Å². The first-order valence-electron chi connectivity index (χ1n) is 10.3. The number of para-hydroxylation sites is 1. The average Bonchev–Trinajstić information content (AvgIpc) is 2.76. The number of carbonyl (C=O) groups is 2. The van der Waals surface area contributed by atoms with Gasteiger partial charge in [-0.25, -0.2) is 0 Å². The first-order chi connectivity index (χ1) is 14.2. The van der Waals surface area contributed by atoms with Crippen molar-refractivity contribution in [2.45, 2.75) is 25.7 Å². The van der Waals surface area contributed by atoms with Gasteiger partial charge in [-0.3, -0.25) is 9.59 Å². The number of hydrogen-bond acceptors (Lipinski definition) is 3. The Labute approximate surface area is 170 Å². The second-order valence-electron chi connectivity index (χ2n) is 7.72. The highest BCUT2D eigenvalue weighted by Gasteiger charge is 2.47. The van der Waals surface area contributed by atoms with E-state index in [1.54, 1.807) is 6.92 Å². The molecule has 1 amide bonds. The Bertz CT molecular complexity index is 1110. The van der Waals surface area contributed by atoms with Crippen LogP contribution in [0.15, 0.2) is 60.7 Å². The van der Waals surface area contributed by atoms with E-state index in [0.717, 1.165) is 40.4 Å². The number of carbonyl (C=O) groups excluding carboxylic acids is 2. The SMILES string of the molecule is CCOC(=O)C1C(=O)N2CCCc3cccc(c32)C1c1cccc2ccccc12. The van der Waals surface area contributed by atoms with Crippen LogP contribution in [0.2, 0.25) is 0 Å². The molecular formula is C25H23NO3. The molecule has 4 heteroatoms. The van der Waals surface area contributed by atoms with E-state index in [-0.39, 0.29) is 18.4 Å². The lowest BCUT2D eigenvalue weighted by Crippen LogP contribution is -2.49. The van der Waals surface area contributed by atoms with Crippen LogP contribution in [0, 0.1) is 5.92 Å². The van der Waals surface area contributed by atoms with E-state index in [0.29, 0.717) is 6.54 Å². The molecule has 0 radical (unpaired) electrons. The lowest BCUT2D eigenvalue weighted by Gasteiger charge is -2.42. The highest BCUT2D eigenvalue weighted by atomic mass is 16.5. The quantitative estimate of drug-likeness (QED) is 0.494. The summed E-state index contributed by atoms with van der Waals surface area (Å²) in [7, 11) is 0. The summed E-state index contributed by atoms with van der Waals surface area (Å²) < 4.78 is 5.39. The number of rotatable bonds is 3. The van der Waals surface area contributed by atoms with Gasteiger partial charge in [0.1, 0.15) is 5.92 Å². The molecule has 4 nitrogen and oxygen atoms in total. The van der Waals surface area contributed by atoms with Crippen molar-refractivity contribution in [3.63, 3.8) is 0 Å². The van der Waals surface area contributed by atoms with Gasteiger partial charge in [-0.05, 0) is 47.2 Å². The maximum absolute atomic E-state index is 13.6. The predicted octanol–water partition coefficient (Wildman–Crippen LogP) is 4.44. The van der Waals surface area contributed by atoms with E-state index in [9.17, 15) is 9.59 Å². The maximum atomic E-state index is 13.6. The molecule has 3 aromatic carbocycles. The number of amides is 1. The van der Waals surface area contributed by atoms with Crippen LogP contribution in [0.25, 0.3) is 10.8 Å². The maximum Gasteiger partial charge on any atom is 0.319 e. The van der Waals surface area contributed by atoms with Crippen LogP contribution in [0.3, 0.4) is 0 Å². The fraction of sp³-hybridized carbons (Fsp3) is 0.280. The predicted molar refractivity (Wildman–Crippen MR) is 113 cm³/mol. The minimum Gasteiger partial charge on any atom is -0.465 e. The molecular weight excluding hydrogens is 362 g/mol. The zero-order valence-corrected chi connectivity index (χ0v) is 16.4. The monoisotopic (exact) mass is 385 g/mol. The summed E-state index contributed by atoms with van der Waals surface area (Å²) in [5.74, 6) is -1.78. The third-order valence-corrected chi connectivity index (χ3v) is 6.15. The Morgan fingerprint density at radius 3 is 2.66 bits per heavy atom. The van der Waals surface area contributed by atoms with Crippen molar-refractivity contribution >= 4 is 28.3 Å². The second kappa shape index (κ2) is 7.03. The van der Waals surface area contributed by atoms with Gasteiger partial charge < -0.3 is 9.64 Å². The number of aryl methyl sites for hydroxylation is 1. The third kappa shape index (κ3) is 2.74. The summed E-state index contributed by atoms with van der Waals surface area (Å²) in [5, 5.41) is 2.18. The van der Waals surface area contributed by atoms with Crippen LogP contribution in [0.4, 0.5) is 5.69 Å². The standard InChI is InChI=1S/C25H23NO3/c1-2-29-25(28)22-21(19-13-5-9-16-8-3-4-12-18(16)19)20-14-6-10-17-11-7-15-26(23(17)20)24(22)27/h3-6,8-10,12-14,21-22H,2,7,11,15H2,1H3. The first kappa shape index (κ1) is 17.9. The van der Waals surface area contributed by atoms with Gasteiger partial charge in [-0.2, -0.15) is 0 Å². The van der Waals surface area contributed by atoms with E-state index in [1.807, 2.05) is 35.2 Å². The molecule has 0 aromatic heterocycles. The molecule has 2 heterocycles. The minimum absolute atomic E-state index is 0.138. The Morgan fingerprint density at radius 1 is 1.03 bits per heavy atom. The van der Waals surface area contributed by atoms with Crippen molar-refractivity contribution in [1.82, 2.24) is 0 Å². The molecule has 2 unspecified atom stereocenters. The Hall–Kier alpha value is -3.14. The highest BCUT2D eigenvalue weighted by Crippen LogP contribution is 2.48. The molecule has 3 aromatic rings. The topological polar surface area (TPSA) is 46.6 Å². The number of nitrogens with zero attached hydrogens (tertiary/aromatic N) is 1. The lowest BCUT2D eigenvalue weighted by molar-refractivity contribution is -0.152. The molecule has 0 saturated heterocycles. The number of hydrogen-bond donors (Lipinski definition) is 0. The molecule has 2 aliphatic heterocycles. The minimum atomic E-state index is -0.860. The van der Waals surface area contributed by atoms with Crippen LogP contribution >= 0.6 is 0 Å². The zero-order valence-electron chi connectivity index (χ0n) is 16.4. The van der Waals surface area contributed by atoms with Crippen molar-refractivity contribution in [3.05, 3.63) is 77.4 Å². The molecule has 2 atom stereocenters. The summed E-state index contributed by atoms with van der Waals surface area (Å²) in [6.45, 7) is 2.70. The van der Waals surface area contributed by atoms with Crippen molar-refractivity contribution in [3.8, 4) is 0 Å². The molecule has 5 rings (SSSR count). The molecule has 146 valence electrons. The average molecular weight is 385 g/mol. The fourth-order valence-corrected chi connectivity index (χ4v) is 4.98. The summed E-state index contributed by atoms with van der Waals surface area (Å²) in [6.07, 6.45) is 1.87. The molecule has 29 heavy (non-hydrogen) atoms. The molecule has 0 N–H and O–H groups in total. The molecule has 2 aliphatic rings. The van der Waals surface area contributed by atoms with Crippen molar-refractivity contribution in [1.29, 1.82) is 0 Å². The summed E-state index contributed by atoms with van der Waals surface area (Å²) in [6, 6.07) is 20.5. The van der Waals surface area contributed by atoms with E-state index in [2.05, 4.69) is 30.3 Å². The fourth-order valence-electron chi connectivity index (χ4n) is 4.98. The van der Waals surface area contributed by atoms with Gasteiger partial charge in [-0.15, -0.1) is 0 Å². The van der Waals surface area contributed by atoms with Crippen molar-refractivity contribution in [2.24, 2.45) is 5.92 Å². The van der Waals surface area contributed by atoms with Gasteiger partial charge in [0.25, 0.3) is 0 Å². The Balaban J connectivity index is 1.80. The van der Waals surface area contributed by atoms with E-state index < -0.39 is 11.9 Å². The number of ether oxygens (including phenoxy) is 1. The summed E-state index contributed by atoms with van der Waals surface area (Å²) in [4.78, 5) is 28.4. The lowest BCUT2D eigenvalue weighted by atomic mass is 9.73. The molecule has 0 bridgehead atoms. The van der Waals surface area contributed by atoms with Crippen LogP contribution in [-0.2, 0) is 20.7 Å². The second-order valence-corrected chi connectivity index (χ2v) is 7.72. The Morgan fingerprint density at radius 2 is 1.79 bits per heavy atom. The Kier molecular flexibility index (Phi) is 4.35.